The molecule has 9 heteroatoms. The van der Waals surface area contributed by atoms with E-state index in [1.807, 2.05) is 99.6 Å². The lowest BCUT2D eigenvalue weighted by Crippen LogP contribution is -2.43. The van der Waals surface area contributed by atoms with Gasteiger partial charge in [-0.1, -0.05) is 93.5 Å². The van der Waals surface area contributed by atoms with Crippen molar-refractivity contribution in [3.05, 3.63) is 142 Å². The minimum Gasteiger partial charge on any atom is -0.488 e. The van der Waals surface area contributed by atoms with E-state index in [1.54, 1.807) is 21.6 Å². The molecule has 0 radical (unpaired) electrons. The number of carbonyl (C=O) groups is 1. The second-order valence-corrected chi connectivity index (χ2v) is 13.1. The largest absolute Gasteiger partial charge is 0.488 e. The van der Waals surface area contributed by atoms with Crippen LogP contribution in [-0.2, 0) is 11.4 Å². The number of amides is 1. The Morgan fingerprint density at radius 3 is 2.44 bits per heavy atom. The van der Waals surface area contributed by atoms with Crippen molar-refractivity contribution in [3.8, 4) is 5.75 Å². The van der Waals surface area contributed by atoms with Crippen LogP contribution in [-0.4, -0.2) is 28.5 Å². The summed E-state index contributed by atoms with van der Waals surface area (Å²) >= 11 is 11.0. The quantitative estimate of drug-likeness (QED) is 0.171. The first-order valence-corrected chi connectivity index (χ1v) is 16.7. The highest BCUT2D eigenvalue weighted by atomic mass is 79.9. The fourth-order valence-electron chi connectivity index (χ4n) is 5.66. The highest BCUT2D eigenvalue weighted by Gasteiger charge is 2.34. The molecule has 1 atom stereocenters. The number of benzene rings is 4. The molecule has 228 valence electrons. The van der Waals surface area contributed by atoms with Crippen LogP contribution in [0.2, 0.25) is 5.02 Å². The van der Waals surface area contributed by atoms with E-state index in [9.17, 15) is 9.59 Å². The van der Waals surface area contributed by atoms with Crippen LogP contribution in [0, 0.1) is 0 Å². The van der Waals surface area contributed by atoms with Crippen molar-refractivity contribution in [2.24, 2.45) is 4.99 Å². The summed E-state index contributed by atoms with van der Waals surface area (Å²) in [5.41, 5.74) is 3.50. The summed E-state index contributed by atoms with van der Waals surface area (Å²) in [6, 6.07) is 26.7. The molecule has 45 heavy (non-hydrogen) atoms. The Labute approximate surface area is 278 Å². The zero-order valence-electron chi connectivity index (χ0n) is 25.1. The van der Waals surface area contributed by atoms with Gasteiger partial charge in [-0.15, -0.1) is 0 Å². The van der Waals surface area contributed by atoms with Crippen LogP contribution < -0.4 is 19.6 Å². The molecule has 1 amide bonds. The number of aromatic nitrogens is 1. The van der Waals surface area contributed by atoms with Crippen LogP contribution >= 0.6 is 38.9 Å². The van der Waals surface area contributed by atoms with Gasteiger partial charge in [0.1, 0.15) is 12.4 Å². The number of ether oxygens (including phenoxy) is 1. The van der Waals surface area contributed by atoms with Crippen LogP contribution in [0.3, 0.4) is 0 Å². The lowest BCUT2D eigenvalue weighted by Gasteiger charge is -2.29. The fourth-order valence-corrected chi connectivity index (χ4v) is 7.08. The fraction of sp³-hybridized carbons (Fsp3) is 0.194. The Morgan fingerprint density at radius 2 is 1.73 bits per heavy atom. The smallest absolute Gasteiger partial charge is 0.271 e. The van der Waals surface area contributed by atoms with Gasteiger partial charge in [0.05, 0.1) is 21.8 Å². The molecule has 0 unspecified atom stereocenters. The summed E-state index contributed by atoms with van der Waals surface area (Å²) in [4.78, 5) is 35.4. The van der Waals surface area contributed by atoms with Gasteiger partial charge >= 0.3 is 0 Å². The number of carbonyl (C=O) groups excluding carboxylic acids is 1. The van der Waals surface area contributed by atoms with Crippen molar-refractivity contribution in [2.75, 3.05) is 13.1 Å². The monoisotopic (exact) mass is 699 g/mol. The molecule has 0 fully saturated rings. The predicted octanol–water partition coefficient (Wildman–Crippen LogP) is 7.25. The average molecular weight is 701 g/mol. The van der Waals surface area contributed by atoms with E-state index in [2.05, 4.69) is 15.9 Å². The standard InChI is InChI=1S/C36H31BrClN3O3S/c1-4-40(5-2)35(43)32-22(3)39-36-41(33(32)25-12-17-27(38)18-13-25)34(42)31(45-36)20-29-28-9-7-6-8-24(28)14-19-30(29)44-21-23-10-15-26(37)16-11-23/h6-20,33H,4-5,21H2,1-3H3/b31-20+/t33-/m1/s1. The number of allylic oxidation sites excluding steroid dienone is 1. The van der Waals surface area contributed by atoms with E-state index < -0.39 is 6.04 Å². The first kappa shape index (κ1) is 31.0. The van der Waals surface area contributed by atoms with Gasteiger partial charge in [-0.2, -0.15) is 0 Å². The normalized spacial score (nSPS) is 14.8. The maximum Gasteiger partial charge on any atom is 0.271 e. The molecular formula is C36H31BrClN3O3S. The lowest BCUT2D eigenvalue weighted by atomic mass is 9.94. The number of thiazole rings is 1. The van der Waals surface area contributed by atoms with E-state index >= 15 is 0 Å². The molecule has 5 aromatic rings. The highest BCUT2D eigenvalue weighted by molar-refractivity contribution is 9.10. The number of nitrogens with zero attached hydrogens (tertiary/aromatic N) is 3. The van der Waals surface area contributed by atoms with Gasteiger partial charge in [0.15, 0.2) is 4.80 Å². The predicted molar refractivity (Wildman–Crippen MR) is 186 cm³/mol. The molecule has 1 aromatic heterocycles. The van der Waals surface area contributed by atoms with E-state index in [0.29, 0.717) is 51.1 Å². The van der Waals surface area contributed by atoms with Crippen molar-refractivity contribution < 1.29 is 9.53 Å². The Morgan fingerprint density at radius 1 is 1.02 bits per heavy atom. The third-order valence-corrected chi connectivity index (χ3v) is 9.77. The van der Waals surface area contributed by atoms with E-state index in [1.165, 1.54) is 11.3 Å². The number of hydrogen-bond acceptors (Lipinski definition) is 5. The third kappa shape index (κ3) is 6.15. The zero-order valence-corrected chi connectivity index (χ0v) is 28.2. The molecule has 0 bridgehead atoms. The van der Waals surface area contributed by atoms with Crippen molar-refractivity contribution in [1.29, 1.82) is 0 Å². The maximum atomic E-state index is 14.4. The van der Waals surface area contributed by atoms with Crippen molar-refractivity contribution >= 4 is 61.6 Å². The summed E-state index contributed by atoms with van der Waals surface area (Å²) in [7, 11) is 0. The summed E-state index contributed by atoms with van der Waals surface area (Å²) < 4.78 is 9.51. The molecule has 0 spiro atoms. The second kappa shape index (κ2) is 13.2. The minimum atomic E-state index is -0.644. The molecule has 0 saturated heterocycles. The molecule has 0 aliphatic carbocycles. The number of rotatable bonds is 8. The molecular weight excluding hydrogens is 670 g/mol. The Kier molecular flexibility index (Phi) is 9.08. The van der Waals surface area contributed by atoms with Crippen LogP contribution in [0.15, 0.2) is 110 Å². The summed E-state index contributed by atoms with van der Waals surface area (Å²) in [6.45, 7) is 7.21. The summed E-state index contributed by atoms with van der Waals surface area (Å²) in [5.74, 6) is 0.540. The van der Waals surface area contributed by atoms with Crippen molar-refractivity contribution in [1.82, 2.24) is 9.47 Å². The second-order valence-electron chi connectivity index (χ2n) is 10.7. The van der Waals surface area contributed by atoms with Crippen LogP contribution in [0.25, 0.3) is 16.8 Å². The van der Waals surface area contributed by atoms with Gasteiger partial charge in [0, 0.05) is 28.1 Å². The maximum absolute atomic E-state index is 14.4. The molecule has 6 rings (SSSR count). The molecule has 0 N–H and O–H groups in total. The van der Waals surface area contributed by atoms with Gasteiger partial charge in [-0.25, -0.2) is 4.99 Å². The first-order chi connectivity index (χ1) is 21.8. The third-order valence-electron chi connectivity index (χ3n) is 8.00. The van der Waals surface area contributed by atoms with E-state index in [0.717, 1.165) is 31.9 Å². The molecule has 1 aliphatic rings. The molecule has 4 aromatic carbocycles. The number of halogens is 2. The van der Waals surface area contributed by atoms with Gasteiger partial charge in [-0.3, -0.25) is 14.2 Å². The Bertz CT molecular complexity index is 2110. The van der Waals surface area contributed by atoms with Gasteiger partial charge < -0.3 is 9.64 Å². The first-order valence-electron chi connectivity index (χ1n) is 14.7. The van der Waals surface area contributed by atoms with E-state index in [-0.39, 0.29) is 11.5 Å². The van der Waals surface area contributed by atoms with Gasteiger partial charge in [0.2, 0.25) is 0 Å². The average Bonchev–Trinajstić information content (AvgIpc) is 3.35. The number of likely N-dealkylation sites (N-methyl/N-ethyl adjacent to an activating group) is 1. The van der Waals surface area contributed by atoms with Crippen molar-refractivity contribution in [2.45, 2.75) is 33.4 Å². The highest BCUT2D eigenvalue weighted by Crippen LogP contribution is 2.33. The molecule has 2 heterocycles. The topological polar surface area (TPSA) is 63.9 Å². The van der Waals surface area contributed by atoms with Gasteiger partial charge in [-0.05, 0) is 79.1 Å². The molecule has 1 aliphatic heterocycles. The minimum absolute atomic E-state index is 0.131. The molecule has 0 saturated carbocycles. The Hall–Kier alpha value is -3.98. The number of hydrogen-bond donors (Lipinski definition) is 0. The summed E-state index contributed by atoms with van der Waals surface area (Å²) in [5, 5.41) is 2.59. The van der Waals surface area contributed by atoms with Crippen LogP contribution in [0.1, 0.15) is 43.5 Å². The van der Waals surface area contributed by atoms with E-state index in [4.69, 9.17) is 21.3 Å². The summed E-state index contributed by atoms with van der Waals surface area (Å²) in [6.07, 6.45) is 1.90. The lowest BCUT2D eigenvalue weighted by molar-refractivity contribution is -0.127. The van der Waals surface area contributed by atoms with Crippen LogP contribution in [0.4, 0.5) is 0 Å². The SMILES string of the molecule is CCN(CC)C(=O)C1=C(C)N=c2s/c(=C/c3c(OCc4ccc(Br)cc4)ccc4ccccc34)c(=O)n2[C@@H]1c1ccc(Cl)cc1. The molecule has 6 nitrogen and oxygen atoms in total. The zero-order chi connectivity index (χ0) is 31.7. The van der Waals surface area contributed by atoms with Crippen molar-refractivity contribution in [3.63, 3.8) is 0 Å². The van der Waals surface area contributed by atoms with Crippen LogP contribution in [0.5, 0.6) is 5.75 Å². The van der Waals surface area contributed by atoms with Gasteiger partial charge in [0.25, 0.3) is 11.5 Å². The number of fused-ring (bicyclic) bond motifs is 2. The Balaban J connectivity index is 1.52.